The largest absolute Gasteiger partial charge is 0.461 e. The first kappa shape index (κ1) is 27.3. The van der Waals surface area contributed by atoms with Crippen LogP contribution in [0.25, 0.3) is 17.4 Å². The molecule has 204 valence electrons. The molecular formula is C25H34N8O5. The highest BCUT2D eigenvalue weighted by Gasteiger charge is 2.13. The lowest BCUT2D eigenvalue weighted by Crippen LogP contribution is -2.14. The van der Waals surface area contributed by atoms with Gasteiger partial charge in [-0.05, 0) is 36.2 Å². The number of furan rings is 1. The minimum Gasteiger partial charge on any atom is -0.461 e. The van der Waals surface area contributed by atoms with Crippen LogP contribution in [0.3, 0.4) is 0 Å². The molecule has 0 amide bonds. The summed E-state index contributed by atoms with van der Waals surface area (Å²) < 4.78 is 28.0. The summed E-state index contributed by atoms with van der Waals surface area (Å²) >= 11 is 0. The van der Waals surface area contributed by atoms with E-state index >= 15 is 0 Å². The molecule has 0 bridgehead atoms. The molecule has 0 saturated carbocycles. The van der Waals surface area contributed by atoms with Crippen molar-refractivity contribution in [3.8, 4) is 11.6 Å². The molecular weight excluding hydrogens is 492 g/mol. The lowest BCUT2D eigenvalue weighted by atomic mass is 10.1. The lowest BCUT2D eigenvalue weighted by Gasteiger charge is -2.09. The molecule has 0 saturated heterocycles. The molecule has 0 aliphatic rings. The molecule has 0 spiro atoms. The third kappa shape index (κ3) is 8.38. The maximum atomic E-state index is 6.04. The van der Waals surface area contributed by atoms with Gasteiger partial charge < -0.3 is 39.7 Å². The number of anilines is 3. The Hall–Kier alpha value is -3.78. The fraction of sp³-hybridized carbons (Fsp3) is 0.440. The normalized spacial score (nSPS) is 11.3. The van der Waals surface area contributed by atoms with E-state index in [0.29, 0.717) is 82.6 Å². The topological polar surface area (TPSA) is 156 Å². The average Bonchev–Trinajstić information content (AvgIpc) is 3.61. The zero-order valence-electron chi connectivity index (χ0n) is 21.5. The summed E-state index contributed by atoms with van der Waals surface area (Å²) in [6.45, 7) is 5.35. The number of fused-ring (bicyclic) bond motifs is 1. The predicted octanol–water partition coefficient (Wildman–Crippen LogP) is 2.12. The zero-order valence-corrected chi connectivity index (χ0v) is 21.5. The molecule has 0 aliphatic heterocycles. The van der Waals surface area contributed by atoms with E-state index < -0.39 is 0 Å². The van der Waals surface area contributed by atoms with Crippen LogP contribution < -0.4 is 16.4 Å². The standard InChI is InChI=1S/C25H34N8O5/c1-34-13-14-36-17-18-37-16-15-35-12-10-27-20-6-4-19(5-7-20)8-9-28-24-30-23(26)33-25(31-24)29-22(32-33)21-3-2-11-38-21/h2-7,11,27H,8-10,12-18H2,1H3,(H3,26,28,29,30,31,32). The van der Waals surface area contributed by atoms with E-state index in [-0.39, 0.29) is 5.95 Å². The van der Waals surface area contributed by atoms with Gasteiger partial charge in [0.25, 0.3) is 5.78 Å². The molecule has 3 aromatic heterocycles. The van der Waals surface area contributed by atoms with Crippen LogP contribution in [0.2, 0.25) is 0 Å². The number of rotatable bonds is 18. The summed E-state index contributed by atoms with van der Waals surface area (Å²) in [6.07, 6.45) is 2.35. The lowest BCUT2D eigenvalue weighted by molar-refractivity contribution is 0.00495. The van der Waals surface area contributed by atoms with Crippen LogP contribution in [0.1, 0.15) is 5.56 Å². The highest BCUT2D eigenvalue weighted by molar-refractivity contribution is 5.52. The van der Waals surface area contributed by atoms with Gasteiger partial charge in [0.2, 0.25) is 17.7 Å². The van der Waals surface area contributed by atoms with Crippen molar-refractivity contribution in [1.82, 2.24) is 24.6 Å². The van der Waals surface area contributed by atoms with Gasteiger partial charge >= 0.3 is 0 Å². The minimum atomic E-state index is 0.193. The Balaban J connectivity index is 1.10. The van der Waals surface area contributed by atoms with Crippen molar-refractivity contribution in [3.63, 3.8) is 0 Å². The summed E-state index contributed by atoms with van der Waals surface area (Å²) in [7, 11) is 1.65. The van der Waals surface area contributed by atoms with Gasteiger partial charge in [0.15, 0.2) is 5.76 Å². The summed E-state index contributed by atoms with van der Waals surface area (Å²) in [5.74, 6) is 1.88. The second kappa shape index (κ2) is 14.8. The molecule has 0 aliphatic carbocycles. The molecule has 4 aromatic rings. The number of methoxy groups -OCH3 is 1. The first-order valence-corrected chi connectivity index (χ1v) is 12.5. The quantitative estimate of drug-likeness (QED) is 0.163. The molecule has 0 atom stereocenters. The Bertz CT molecular complexity index is 1220. The molecule has 0 radical (unpaired) electrons. The van der Waals surface area contributed by atoms with Gasteiger partial charge in [0, 0.05) is 25.9 Å². The molecule has 13 heteroatoms. The highest BCUT2D eigenvalue weighted by atomic mass is 16.6. The second-order valence-electron chi connectivity index (χ2n) is 8.16. The number of nitrogen functional groups attached to an aromatic ring is 1. The number of hydrogen-bond acceptors (Lipinski definition) is 12. The molecule has 38 heavy (non-hydrogen) atoms. The van der Waals surface area contributed by atoms with Crippen LogP contribution in [0.5, 0.6) is 0 Å². The van der Waals surface area contributed by atoms with Crippen molar-refractivity contribution in [2.24, 2.45) is 0 Å². The molecule has 3 heterocycles. The van der Waals surface area contributed by atoms with Crippen LogP contribution in [0.15, 0.2) is 47.1 Å². The van der Waals surface area contributed by atoms with Gasteiger partial charge in [-0.1, -0.05) is 12.1 Å². The molecule has 4 rings (SSSR count). The van der Waals surface area contributed by atoms with Crippen molar-refractivity contribution in [1.29, 1.82) is 0 Å². The van der Waals surface area contributed by atoms with Crippen LogP contribution in [-0.4, -0.2) is 91.0 Å². The fourth-order valence-electron chi connectivity index (χ4n) is 3.45. The smallest absolute Gasteiger partial charge is 0.259 e. The predicted molar refractivity (Wildman–Crippen MR) is 142 cm³/mol. The number of ether oxygens (including phenoxy) is 4. The van der Waals surface area contributed by atoms with Crippen molar-refractivity contribution >= 4 is 23.4 Å². The van der Waals surface area contributed by atoms with Gasteiger partial charge in [-0.25, -0.2) is 0 Å². The maximum absolute atomic E-state index is 6.04. The molecule has 13 nitrogen and oxygen atoms in total. The summed E-state index contributed by atoms with van der Waals surface area (Å²) in [5, 5.41) is 10.8. The Morgan fingerprint density at radius 3 is 2.29 bits per heavy atom. The van der Waals surface area contributed by atoms with Crippen molar-refractivity contribution < 1.29 is 23.4 Å². The first-order chi connectivity index (χ1) is 18.7. The number of benzene rings is 1. The van der Waals surface area contributed by atoms with Crippen LogP contribution in [0, 0.1) is 0 Å². The number of nitrogens with one attached hydrogen (secondary N) is 2. The van der Waals surface area contributed by atoms with Crippen molar-refractivity contribution in [3.05, 3.63) is 48.2 Å². The first-order valence-electron chi connectivity index (χ1n) is 12.5. The van der Waals surface area contributed by atoms with E-state index in [2.05, 4.69) is 54.9 Å². The van der Waals surface area contributed by atoms with Crippen molar-refractivity contribution in [2.45, 2.75) is 6.42 Å². The van der Waals surface area contributed by atoms with Gasteiger partial charge in [-0.2, -0.15) is 19.5 Å². The monoisotopic (exact) mass is 526 g/mol. The van der Waals surface area contributed by atoms with Crippen molar-refractivity contribution in [2.75, 3.05) is 82.8 Å². The number of hydrogen-bond donors (Lipinski definition) is 3. The Labute approximate surface area is 220 Å². The second-order valence-corrected chi connectivity index (χ2v) is 8.16. The van der Waals surface area contributed by atoms with Crippen LogP contribution >= 0.6 is 0 Å². The van der Waals surface area contributed by atoms with E-state index in [1.54, 1.807) is 25.5 Å². The summed E-state index contributed by atoms with van der Waals surface area (Å²) in [6, 6.07) is 11.8. The van der Waals surface area contributed by atoms with Gasteiger partial charge in [-0.3, -0.25) is 0 Å². The SMILES string of the molecule is COCCOCCOCCOCCNc1ccc(CCNc2nc(N)n3nc(-c4ccco4)nc3n2)cc1. The number of aromatic nitrogens is 5. The highest BCUT2D eigenvalue weighted by Crippen LogP contribution is 2.17. The van der Waals surface area contributed by atoms with Gasteiger partial charge in [-0.15, -0.1) is 5.10 Å². The Morgan fingerprint density at radius 2 is 1.58 bits per heavy atom. The van der Waals surface area contributed by atoms with Gasteiger partial charge in [0.05, 0.1) is 52.5 Å². The van der Waals surface area contributed by atoms with E-state index in [0.717, 1.165) is 12.1 Å². The molecule has 4 N–H and O–H groups in total. The minimum absolute atomic E-state index is 0.193. The van der Waals surface area contributed by atoms with E-state index in [1.807, 2.05) is 0 Å². The third-order valence-corrected chi connectivity index (χ3v) is 5.38. The third-order valence-electron chi connectivity index (χ3n) is 5.38. The molecule has 0 unspecified atom stereocenters. The van der Waals surface area contributed by atoms with E-state index in [4.69, 9.17) is 29.1 Å². The summed E-state index contributed by atoms with van der Waals surface area (Å²) in [4.78, 5) is 13.0. The Kier molecular flexibility index (Phi) is 10.6. The number of nitrogens with two attached hydrogens (primary N) is 1. The fourth-order valence-corrected chi connectivity index (χ4v) is 3.45. The molecule has 0 fully saturated rings. The van der Waals surface area contributed by atoms with Crippen LogP contribution in [0.4, 0.5) is 17.6 Å². The van der Waals surface area contributed by atoms with E-state index in [1.165, 1.54) is 10.1 Å². The average molecular weight is 527 g/mol. The Morgan fingerprint density at radius 1 is 0.842 bits per heavy atom. The molecule has 1 aromatic carbocycles. The van der Waals surface area contributed by atoms with Gasteiger partial charge in [0.1, 0.15) is 0 Å². The summed E-state index contributed by atoms with van der Waals surface area (Å²) in [5.41, 5.74) is 8.25. The zero-order chi connectivity index (χ0) is 26.4. The number of nitrogens with zero attached hydrogens (tertiary/aromatic N) is 5. The maximum Gasteiger partial charge on any atom is 0.259 e. The van der Waals surface area contributed by atoms with Crippen LogP contribution in [-0.2, 0) is 25.4 Å². The van der Waals surface area contributed by atoms with E-state index in [9.17, 15) is 0 Å².